The molecule has 13 heavy (non-hydrogen) atoms. The average molecular weight is 188 g/mol. The molecule has 4 heteroatoms. The lowest BCUT2D eigenvalue weighted by molar-refractivity contribution is -0.242. The summed E-state index contributed by atoms with van der Waals surface area (Å²) in [5.41, 5.74) is 0. The Balaban J connectivity index is 2.39. The van der Waals surface area contributed by atoms with E-state index in [0.29, 0.717) is 13.0 Å². The third-order valence-corrected chi connectivity index (χ3v) is 2.08. The molecule has 1 unspecified atom stereocenters. The van der Waals surface area contributed by atoms with Crippen molar-refractivity contribution in [3.8, 4) is 0 Å². The molecular formula is C9H16O4. The second kappa shape index (κ2) is 4.72. The molecule has 1 aliphatic rings. The molecule has 1 rings (SSSR count). The van der Waals surface area contributed by atoms with Gasteiger partial charge in [-0.1, -0.05) is 6.08 Å². The molecule has 76 valence electrons. The van der Waals surface area contributed by atoms with E-state index in [-0.39, 0.29) is 0 Å². The molecule has 0 radical (unpaired) electrons. The number of ether oxygens (including phenoxy) is 2. The molecule has 0 aromatic rings. The van der Waals surface area contributed by atoms with Crippen molar-refractivity contribution in [1.29, 1.82) is 0 Å². The quantitative estimate of drug-likeness (QED) is 0.614. The fourth-order valence-corrected chi connectivity index (χ4v) is 1.31. The van der Waals surface area contributed by atoms with Crippen LogP contribution >= 0.6 is 0 Å². The zero-order valence-corrected chi connectivity index (χ0v) is 7.72. The highest BCUT2D eigenvalue weighted by molar-refractivity contribution is 4.80. The molecule has 0 aromatic heterocycles. The van der Waals surface area contributed by atoms with E-state index >= 15 is 0 Å². The first-order valence-corrected chi connectivity index (χ1v) is 4.39. The lowest BCUT2D eigenvalue weighted by Gasteiger charge is -2.34. The standard InChI is InChI=1S/C9H16O4/c1-3-4-12-8-5-7(10)9(11)6(2)13-8/h3,6-11H,1,4-5H2,2H3/t6-,7-,8?,9-/m0/s1. The van der Waals surface area contributed by atoms with Crippen LogP contribution in [0.5, 0.6) is 0 Å². The van der Waals surface area contributed by atoms with Gasteiger partial charge in [0.25, 0.3) is 0 Å². The van der Waals surface area contributed by atoms with E-state index in [0.717, 1.165) is 0 Å². The van der Waals surface area contributed by atoms with E-state index in [1.807, 2.05) is 0 Å². The van der Waals surface area contributed by atoms with Gasteiger partial charge in [-0.3, -0.25) is 0 Å². The van der Waals surface area contributed by atoms with Crippen LogP contribution in [0.15, 0.2) is 12.7 Å². The lowest BCUT2D eigenvalue weighted by atomic mass is 10.0. The van der Waals surface area contributed by atoms with E-state index in [1.54, 1.807) is 13.0 Å². The first-order valence-electron chi connectivity index (χ1n) is 4.39. The maximum atomic E-state index is 9.38. The second-order valence-corrected chi connectivity index (χ2v) is 3.19. The summed E-state index contributed by atoms with van der Waals surface area (Å²) in [5, 5.41) is 18.7. The summed E-state index contributed by atoms with van der Waals surface area (Å²) in [6, 6.07) is 0. The van der Waals surface area contributed by atoms with Crippen LogP contribution in [0.3, 0.4) is 0 Å². The fraction of sp³-hybridized carbons (Fsp3) is 0.778. The average Bonchev–Trinajstić information content (AvgIpc) is 2.10. The first kappa shape index (κ1) is 10.7. The Morgan fingerprint density at radius 3 is 2.85 bits per heavy atom. The van der Waals surface area contributed by atoms with Crippen molar-refractivity contribution in [3.63, 3.8) is 0 Å². The van der Waals surface area contributed by atoms with Crippen LogP contribution in [0.1, 0.15) is 13.3 Å². The predicted molar refractivity (Wildman–Crippen MR) is 47.1 cm³/mol. The normalized spacial score (nSPS) is 40.2. The Morgan fingerprint density at radius 2 is 2.31 bits per heavy atom. The molecular weight excluding hydrogens is 172 g/mol. The van der Waals surface area contributed by atoms with Crippen LogP contribution in [0, 0.1) is 0 Å². The van der Waals surface area contributed by atoms with Gasteiger partial charge in [0.05, 0.1) is 18.8 Å². The van der Waals surface area contributed by atoms with Gasteiger partial charge in [0.1, 0.15) is 6.10 Å². The van der Waals surface area contributed by atoms with Crippen LogP contribution in [-0.2, 0) is 9.47 Å². The van der Waals surface area contributed by atoms with Gasteiger partial charge < -0.3 is 19.7 Å². The van der Waals surface area contributed by atoms with Crippen molar-refractivity contribution in [3.05, 3.63) is 12.7 Å². The molecule has 1 heterocycles. The zero-order valence-electron chi connectivity index (χ0n) is 7.72. The van der Waals surface area contributed by atoms with Crippen molar-refractivity contribution in [2.45, 2.75) is 37.9 Å². The molecule has 0 spiro atoms. The van der Waals surface area contributed by atoms with Crippen LogP contribution in [0.4, 0.5) is 0 Å². The first-order chi connectivity index (χ1) is 6.15. The van der Waals surface area contributed by atoms with Crippen LogP contribution < -0.4 is 0 Å². The summed E-state index contributed by atoms with van der Waals surface area (Å²) in [4.78, 5) is 0. The topological polar surface area (TPSA) is 58.9 Å². The van der Waals surface area contributed by atoms with Gasteiger partial charge >= 0.3 is 0 Å². The lowest BCUT2D eigenvalue weighted by Crippen LogP contribution is -2.47. The number of aliphatic hydroxyl groups is 2. The van der Waals surface area contributed by atoms with Crippen molar-refractivity contribution in [2.75, 3.05) is 6.61 Å². The van der Waals surface area contributed by atoms with E-state index in [4.69, 9.17) is 9.47 Å². The summed E-state index contributed by atoms with van der Waals surface area (Å²) in [5.74, 6) is 0. The highest BCUT2D eigenvalue weighted by atomic mass is 16.7. The Labute approximate surface area is 77.8 Å². The highest BCUT2D eigenvalue weighted by Crippen LogP contribution is 2.20. The van der Waals surface area contributed by atoms with Gasteiger partial charge in [0.2, 0.25) is 0 Å². The minimum absolute atomic E-state index is 0.305. The number of rotatable bonds is 3. The summed E-state index contributed by atoms with van der Waals surface area (Å²) in [6.45, 7) is 5.60. The predicted octanol–water partition coefficient (Wildman–Crippen LogP) is 0.0457. The third kappa shape index (κ3) is 2.77. The molecule has 2 N–H and O–H groups in total. The Kier molecular flexibility index (Phi) is 3.87. The van der Waals surface area contributed by atoms with Crippen LogP contribution in [0.25, 0.3) is 0 Å². The summed E-state index contributed by atoms with van der Waals surface area (Å²) < 4.78 is 10.5. The number of aliphatic hydroxyl groups excluding tert-OH is 2. The van der Waals surface area contributed by atoms with Crippen LogP contribution in [-0.4, -0.2) is 41.4 Å². The SMILES string of the molecule is C=CCOC1C[C@H](O)[C@@H](O)[C@H](C)O1. The number of hydrogen-bond donors (Lipinski definition) is 2. The summed E-state index contributed by atoms with van der Waals surface area (Å²) in [7, 11) is 0. The van der Waals surface area contributed by atoms with E-state index in [9.17, 15) is 10.2 Å². The minimum Gasteiger partial charge on any atom is -0.390 e. The molecule has 0 amide bonds. The summed E-state index contributed by atoms with van der Waals surface area (Å²) >= 11 is 0. The van der Waals surface area contributed by atoms with Gasteiger partial charge in [0, 0.05) is 6.42 Å². The van der Waals surface area contributed by atoms with E-state index < -0.39 is 24.6 Å². The maximum absolute atomic E-state index is 9.38. The van der Waals surface area contributed by atoms with Gasteiger partial charge in [-0.25, -0.2) is 0 Å². The molecule has 0 bridgehead atoms. The third-order valence-electron chi connectivity index (χ3n) is 2.08. The van der Waals surface area contributed by atoms with Crippen molar-refractivity contribution >= 4 is 0 Å². The van der Waals surface area contributed by atoms with Crippen molar-refractivity contribution < 1.29 is 19.7 Å². The van der Waals surface area contributed by atoms with Gasteiger partial charge in [0.15, 0.2) is 6.29 Å². The Hall–Kier alpha value is -0.420. The maximum Gasteiger partial charge on any atom is 0.161 e. The molecule has 1 saturated heterocycles. The minimum atomic E-state index is -0.816. The van der Waals surface area contributed by atoms with Crippen molar-refractivity contribution in [1.82, 2.24) is 0 Å². The number of hydrogen-bond acceptors (Lipinski definition) is 4. The van der Waals surface area contributed by atoms with E-state index in [2.05, 4.69) is 6.58 Å². The molecule has 0 aliphatic carbocycles. The Morgan fingerprint density at radius 1 is 1.62 bits per heavy atom. The van der Waals surface area contributed by atoms with Crippen molar-refractivity contribution in [2.24, 2.45) is 0 Å². The monoisotopic (exact) mass is 188 g/mol. The molecule has 0 aromatic carbocycles. The molecule has 4 nitrogen and oxygen atoms in total. The molecule has 1 fully saturated rings. The highest BCUT2D eigenvalue weighted by Gasteiger charge is 2.34. The van der Waals surface area contributed by atoms with Gasteiger partial charge in [-0.15, -0.1) is 6.58 Å². The zero-order chi connectivity index (χ0) is 9.84. The second-order valence-electron chi connectivity index (χ2n) is 3.19. The fourth-order valence-electron chi connectivity index (χ4n) is 1.31. The van der Waals surface area contributed by atoms with E-state index in [1.165, 1.54) is 0 Å². The summed E-state index contributed by atoms with van der Waals surface area (Å²) in [6.07, 6.45) is -0.489. The van der Waals surface area contributed by atoms with Gasteiger partial charge in [-0.05, 0) is 6.92 Å². The molecule has 1 aliphatic heterocycles. The molecule has 0 saturated carbocycles. The molecule has 4 atom stereocenters. The van der Waals surface area contributed by atoms with Gasteiger partial charge in [-0.2, -0.15) is 0 Å². The van der Waals surface area contributed by atoms with Crippen LogP contribution in [0.2, 0.25) is 0 Å². The largest absolute Gasteiger partial charge is 0.390 e. The smallest absolute Gasteiger partial charge is 0.161 e. The Bertz CT molecular complexity index is 159.